The maximum Gasteiger partial charge on any atom is 0.485 e. The SMILES string of the molecule is O=C(O)Cn1ccnc1.O=P(O)(O)C(O)Cn1ccnc1.O=[P+]([O-])O. The first-order chi connectivity index (χ1) is 11.5. The van der Waals surface area contributed by atoms with Crippen LogP contribution in [-0.2, 0) is 27.0 Å². The monoisotopic (exact) mass is 398 g/mol. The first kappa shape index (κ1) is 23.0. The standard InChI is InChI=1S/C5H9N2O4P.C5H6N2O2.HO3P/c8-5(12(9,10)11)3-7-2-1-6-4-7;8-5(9)3-7-2-1-6-4-7;1-4(2)3/h1-2,4-5,8H,3H2,(H2,9,10,11);1-2,4H,3H2,(H,8,9);(H,1,2,3). The second-order valence-corrected chi connectivity index (χ2v) is 6.45. The molecule has 2 unspecified atom stereocenters. The van der Waals surface area contributed by atoms with Gasteiger partial charge in [0, 0.05) is 24.8 Å². The second-order valence-electron chi connectivity index (χ2n) is 4.20. The van der Waals surface area contributed by atoms with Crippen molar-refractivity contribution >= 4 is 21.8 Å². The summed E-state index contributed by atoms with van der Waals surface area (Å²) in [4.78, 5) is 50.0. The van der Waals surface area contributed by atoms with Crippen LogP contribution in [0.4, 0.5) is 0 Å². The molecule has 0 aliphatic carbocycles. The fourth-order valence-electron chi connectivity index (χ4n) is 1.23. The summed E-state index contributed by atoms with van der Waals surface area (Å²) < 4.78 is 21.9. The Kier molecular flexibility index (Phi) is 10.6. The highest BCUT2D eigenvalue weighted by atomic mass is 31.2. The minimum atomic E-state index is -4.39. The molecule has 2 heterocycles. The van der Waals surface area contributed by atoms with Crippen LogP contribution >= 0.6 is 15.9 Å². The summed E-state index contributed by atoms with van der Waals surface area (Å²) in [6.45, 7) is -0.162. The molecule has 2 aromatic rings. The molecule has 0 saturated carbocycles. The molecule has 13 nitrogen and oxygen atoms in total. The number of nitrogens with zero attached hydrogens (tertiary/aromatic N) is 4. The average molecular weight is 398 g/mol. The Hall–Kier alpha value is -1.98. The van der Waals surface area contributed by atoms with Gasteiger partial charge in [-0.05, 0) is 4.57 Å². The van der Waals surface area contributed by atoms with Gasteiger partial charge < -0.3 is 34.0 Å². The van der Waals surface area contributed by atoms with Gasteiger partial charge in [-0.3, -0.25) is 9.36 Å². The zero-order valence-electron chi connectivity index (χ0n) is 12.5. The van der Waals surface area contributed by atoms with Gasteiger partial charge >= 0.3 is 21.8 Å². The number of aromatic nitrogens is 4. The summed E-state index contributed by atoms with van der Waals surface area (Å²) >= 11 is 0. The van der Waals surface area contributed by atoms with Crippen LogP contribution in [0.2, 0.25) is 0 Å². The van der Waals surface area contributed by atoms with E-state index in [0.717, 1.165) is 0 Å². The van der Waals surface area contributed by atoms with Gasteiger partial charge in [0.05, 0.1) is 19.2 Å². The Balaban J connectivity index is 0.000000391. The van der Waals surface area contributed by atoms with E-state index in [1.165, 1.54) is 34.2 Å². The van der Waals surface area contributed by atoms with E-state index in [-0.39, 0.29) is 13.1 Å². The van der Waals surface area contributed by atoms with Gasteiger partial charge in [-0.25, -0.2) is 9.97 Å². The number of carboxylic acids is 1. The van der Waals surface area contributed by atoms with Crippen molar-refractivity contribution in [1.82, 2.24) is 19.1 Å². The van der Waals surface area contributed by atoms with Crippen molar-refractivity contribution < 1.29 is 43.7 Å². The van der Waals surface area contributed by atoms with E-state index in [1.807, 2.05) is 0 Å². The van der Waals surface area contributed by atoms with Crippen LogP contribution in [0.15, 0.2) is 37.4 Å². The molecular formula is C10H16N4O9P2. The van der Waals surface area contributed by atoms with Gasteiger partial charge in [0.1, 0.15) is 6.54 Å². The largest absolute Gasteiger partial charge is 0.567 e. The highest BCUT2D eigenvalue weighted by Gasteiger charge is 2.26. The molecule has 5 N–H and O–H groups in total. The predicted octanol–water partition coefficient (Wildman–Crippen LogP) is -1.66. The van der Waals surface area contributed by atoms with Crippen LogP contribution in [-0.4, -0.2) is 55.8 Å². The van der Waals surface area contributed by atoms with Crippen LogP contribution in [0.3, 0.4) is 0 Å². The second kappa shape index (κ2) is 11.6. The van der Waals surface area contributed by atoms with Gasteiger partial charge in [0.25, 0.3) is 0 Å². The van der Waals surface area contributed by atoms with E-state index in [9.17, 15) is 9.36 Å². The van der Waals surface area contributed by atoms with Gasteiger partial charge in [0.2, 0.25) is 0 Å². The highest BCUT2D eigenvalue weighted by molar-refractivity contribution is 7.52. The molecule has 0 aliphatic rings. The third-order valence-electron chi connectivity index (χ3n) is 2.20. The third-order valence-corrected chi connectivity index (χ3v) is 3.14. The number of aliphatic carboxylic acids is 1. The van der Waals surface area contributed by atoms with Crippen molar-refractivity contribution in [3.05, 3.63) is 37.4 Å². The smallest absolute Gasteiger partial charge is 0.485 e. The zero-order chi connectivity index (χ0) is 19.5. The van der Waals surface area contributed by atoms with Crippen molar-refractivity contribution in [2.45, 2.75) is 18.9 Å². The summed E-state index contributed by atoms with van der Waals surface area (Å²) in [6.07, 6.45) is 8.97. The fraction of sp³-hybridized carbons (Fsp3) is 0.300. The normalized spacial score (nSPS) is 12.1. The van der Waals surface area contributed by atoms with Gasteiger partial charge in [-0.1, -0.05) is 0 Å². The van der Waals surface area contributed by atoms with Crippen molar-refractivity contribution in [3.63, 3.8) is 0 Å². The predicted molar refractivity (Wildman–Crippen MR) is 80.0 cm³/mol. The lowest BCUT2D eigenvalue weighted by Gasteiger charge is -2.11. The molecule has 15 heteroatoms. The zero-order valence-corrected chi connectivity index (χ0v) is 14.3. The minimum absolute atomic E-state index is 0.0139. The molecule has 0 spiro atoms. The molecular weight excluding hydrogens is 382 g/mol. The third kappa shape index (κ3) is 13.0. The lowest BCUT2D eigenvalue weighted by atomic mass is 10.6. The van der Waals surface area contributed by atoms with Crippen LogP contribution in [0.25, 0.3) is 0 Å². The number of rotatable bonds is 5. The lowest BCUT2D eigenvalue weighted by molar-refractivity contribution is -0.180. The van der Waals surface area contributed by atoms with E-state index in [4.69, 9.17) is 34.4 Å². The first-order valence-electron chi connectivity index (χ1n) is 6.22. The topological polar surface area (TPSA) is 211 Å². The molecule has 0 saturated heterocycles. The number of carbonyl (C=O) groups is 1. The van der Waals surface area contributed by atoms with Crippen LogP contribution < -0.4 is 4.89 Å². The minimum Gasteiger partial charge on any atom is -0.567 e. The molecule has 2 atom stereocenters. The number of hydrogen-bond donors (Lipinski definition) is 5. The molecule has 0 aromatic carbocycles. The van der Waals surface area contributed by atoms with Crippen LogP contribution in [0.1, 0.15) is 0 Å². The molecule has 0 aliphatic heterocycles. The van der Waals surface area contributed by atoms with Gasteiger partial charge in [-0.2, -0.15) is 4.89 Å². The molecule has 140 valence electrons. The fourth-order valence-corrected chi connectivity index (χ4v) is 1.63. The maximum absolute atomic E-state index is 10.5. The molecule has 2 rings (SSSR count). The summed E-state index contributed by atoms with van der Waals surface area (Å²) in [5.74, 6) is -2.51. The Morgan fingerprint density at radius 1 is 1.20 bits per heavy atom. The maximum atomic E-state index is 10.5. The number of imidazole rings is 2. The average Bonchev–Trinajstić information content (AvgIpc) is 3.10. The van der Waals surface area contributed by atoms with E-state index in [1.54, 1.807) is 12.4 Å². The Morgan fingerprint density at radius 2 is 1.64 bits per heavy atom. The van der Waals surface area contributed by atoms with Crippen molar-refractivity contribution in [2.75, 3.05) is 0 Å². The van der Waals surface area contributed by atoms with E-state index in [0.29, 0.717) is 0 Å². The van der Waals surface area contributed by atoms with E-state index < -0.39 is 27.7 Å². The number of aliphatic hydroxyl groups excluding tert-OH is 1. The van der Waals surface area contributed by atoms with Crippen molar-refractivity contribution in [1.29, 1.82) is 0 Å². The molecule has 0 radical (unpaired) electrons. The number of aliphatic hydroxyl groups is 1. The molecule has 0 fully saturated rings. The summed E-state index contributed by atoms with van der Waals surface area (Å²) in [7, 11) is -7.51. The molecule has 0 amide bonds. The lowest BCUT2D eigenvalue weighted by Crippen LogP contribution is -2.14. The Bertz CT molecular complexity index is 667. The van der Waals surface area contributed by atoms with Gasteiger partial charge in [0.15, 0.2) is 5.85 Å². The molecule has 25 heavy (non-hydrogen) atoms. The Morgan fingerprint density at radius 3 is 1.96 bits per heavy atom. The van der Waals surface area contributed by atoms with E-state index >= 15 is 0 Å². The summed E-state index contributed by atoms with van der Waals surface area (Å²) in [5.41, 5.74) is 0. The molecule has 2 aromatic heterocycles. The quantitative estimate of drug-likeness (QED) is 0.360. The first-order valence-corrected chi connectivity index (χ1v) is 9.03. The van der Waals surface area contributed by atoms with Crippen molar-refractivity contribution in [2.24, 2.45) is 0 Å². The van der Waals surface area contributed by atoms with Crippen LogP contribution in [0.5, 0.6) is 0 Å². The number of hydrogen-bond acceptors (Lipinski definition) is 7. The number of carboxylic acid groups (broad SMARTS) is 1. The highest BCUT2D eigenvalue weighted by Crippen LogP contribution is 2.40. The summed E-state index contributed by atoms with van der Waals surface area (Å²) in [5, 5.41) is 17.2. The summed E-state index contributed by atoms with van der Waals surface area (Å²) in [6, 6.07) is 0. The van der Waals surface area contributed by atoms with E-state index in [2.05, 4.69) is 9.97 Å². The Labute approximate surface area is 142 Å². The molecule has 0 bridgehead atoms. The van der Waals surface area contributed by atoms with Gasteiger partial charge in [-0.15, -0.1) is 0 Å². The van der Waals surface area contributed by atoms with Crippen LogP contribution in [0, 0.1) is 0 Å². The van der Waals surface area contributed by atoms with Crippen molar-refractivity contribution in [3.8, 4) is 0 Å².